The van der Waals surface area contributed by atoms with Crippen molar-refractivity contribution < 1.29 is 52.3 Å². The van der Waals surface area contributed by atoms with Gasteiger partial charge in [-0.05, 0) is 94.5 Å². The summed E-state index contributed by atoms with van der Waals surface area (Å²) < 4.78 is 23.7. The molecule has 17 heteroatoms. The van der Waals surface area contributed by atoms with E-state index in [1.54, 1.807) is 75.5 Å². The van der Waals surface area contributed by atoms with Gasteiger partial charge in [0.15, 0.2) is 24.2 Å². The summed E-state index contributed by atoms with van der Waals surface area (Å²) in [4.78, 5) is 83.0. The Morgan fingerprint density at radius 3 is 2.12 bits per heavy atom. The third kappa shape index (κ3) is 11.8. The summed E-state index contributed by atoms with van der Waals surface area (Å²) in [5, 5.41) is 4.95. The zero-order valence-electron chi connectivity index (χ0n) is 37.4. The van der Waals surface area contributed by atoms with Crippen LogP contribution in [0, 0.1) is 0 Å². The second-order valence-electron chi connectivity index (χ2n) is 17.8. The molecule has 66 heavy (non-hydrogen) atoms. The maximum absolute atomic E-state index is 14.5. The summed E-state index contributed by atoms with van der Waals surface area (Å²) in [7, 11) is 0. The fourth-order valence-corrected chi connectivity index (χ4v) is 8.92. The predicted octanol–water partition coefficient (Wildman–Crippen LogP) is 7.63. The van der Waals surface area contributed by atoms with Gasteiger partial charge in [0.2, 0.25) is 12.5 Å². The number of β-lactam (4-membered cyclic amide) rings is 1. The average Bonchev–Trinajstić information content (AvgIpc) is 3.59. The summed E-state index contributed by atoms with van der Waals surface area (Å²) in [6.45, 7) is 11.0. The molecular formula is C49H51ClN5O10S+. The summed E-state index contributed by atoms with van der Waals surface area (Å²) in [6.07, 6.45) is 3.13. The number of alkyl carbamates (subject to hydrolysis) is 1. The van der Waals surface area contributed by atoms with Gasteiger partial charge in [0.1, 0.15) is 28.3 Å². The molecule has 2 saturated heterocycles. The van der Waals surface area contributed by atoms with Crippen LogP contribution in [0.4, 0.5) is 15.3 Å². The number of halogens is 1. The van der Waals surface area contributed by atoms with E-state index in [0.29, 0.717) is 36.3 Å². The first-order valence-corrected chi connectivity index (χ1v) is 22.7. The summed E-state index contributed by atoms with van der Waals surface area (Å²) in [5.41, 5.74) is 2.13. The average molecular weight is 937 g/mol. The number of carbonyl (C=O) groups is 6. The van der Waals surface area contributed by atoms with Crippen molar-refractivity contribution in [3.05, 3.63) is 148 Å². The number of anilines is 1. The van der Waals surface area contributed by atoms with Gasteiger partial charge in [0, 0.05) is 42.2 Å². The minimum Gasteiger partial charge on any atom is -0.448 e. The van der Waals surface area contributed by atoms with E-state index in [9.17, 15) is 28.8 Å². The highest BCUT2D eigenvalue weighted by atomic mass is 35.5. The molecule has 4 aromatic rings. The van der Waals surface area contributed by atoms with E-state index in [0.717, 1.165) is 16.7 Å². The van der Waals surface area contributed by atoms with Gasteiger partial charge >= 0.3 is 18.2 Å². The first-order valence-electron chi connectivity index (χ1n) is 21.3. The Labute approximate surface area is 392 Å². The maximum atomic E-state index is 14.5. The lowest BCUT2D eigenvalue weighted by molar-refractivity contribution is -0.684. The van der Waals surface area contributed by atoms with Crippen LogP contribution in [0.1, 0.15) is 70.8 Å². The molecule has 3 aliphatic rings. The van der Waals surface area contributed by atoms with Crippen molar-refractivity contribution in [2.75, 3.05) is 17.6 Å². The summed E-state index contributed by atoms with van der Waals surface area (Å²) in [5.74, 6) is -1.44. The van der Waals surface area contributed by atoms with Crippen LogP contribution in [0.3, 0.4) is 0 Å². The molecule has 15 nitrogen and oxygen atoms in total. The highest BCUT2D eigenvalue weighted by molar-refractivity contribution is 8.00. The third-order valence-electron chi connectivity index (χ3n) is 10.3. The number of esters is 1. The smallest absolute Gasteiger partial charge is 0.448 e. The first kappa shape index (κ1) is 47.3. The van der Waals surface area contributed by atoms with Crippen molar-refractivity contribution in [3.63, 3.8) is 0 Å². The molecule has 4 heterocycles. The molecule has 7 rings (SSSR count). The molecule has 0 aliphatic carbocycles. The second kappa shape index (κ2) is 19.8. The van der Waals surface area contributed by atoms with Crippen molar-refractivity contribution in [1.82, 2.24) is 15.1 Å². The van der Waals surface area contributed by atoms with Crippen LogP contribution in [0.15, 0.2) is 126 Å². The SMILES string of the molecule is CC(C)(C)OC(=O)N[C@@H]1C(=O)N2C(C(=O)OC(c3ccccc3)c3ccccc3)=C(/C=C3\CCN(Cc4cc[n+](CC(=O)Nc5ccc(OC(=O)OC(C)(C)C)c(Cl)c5)cc4)C3=O)CS[C@H]12. The van der Waals surface area contributed by atoms with E-state index in [4.69, 9.17) is 30.5 Å². The zero-order valence-corrected chi connectivity index (χ0v) is 38.9. The lowest BCUT2D eigenvalue weighted by Crippen LogP contribution is -2.70. The van der Waals surface area contributed by atoms with E-state index < -0.39 is 52.8 Å². The predicted molar refractivity (Wildman–Crippen MR) is 246 cm³/mol. The second-order valence-corrected chi connectivity index (χ2v) is 19.3. The number of benzene rings is 3. The van der Waals surface area contributed by atoms with Crippen molar-refractivity contribution >= 4 is 65.0 Å². The first-order chi connectivity index (χ1) is 31.3. The van der Waals surface area contributed by atoms with Crippen LogP contribution in [0.2, 0.25) is 5.02 Å². The quantitative estimate of drug-likeness (QED) is 0.0357. The van der Waals surface area contributed by atoms with Gasteiger partial charge in [-0.1, -0.05) is 72.3 Å². The number of amides is 4. The molecular weight excluding hydrogens is 886 g/mol. The Morgan fingerprint density at radius 2 is 1.52 bits per heavy atom. The Bertz CT molecular complexity index is 2540. The molecule has 0 saturated carbocycles. The summed E-state index contributed by atoms with van der Waals surface area (Å²) >= 11 is 7.66. The highest BCUT2D eigenvalue weighted by Gasteiger charge is 2.55. The fourth-order valence-electron chi connectivity index (χ4n) is 7.39. The minimum atomic E-state index is -0.936. The number of hydrogen-bond donors (Lipinski definition) is 2. The van der Waals surface area contributed by atoms with Gasteiger partial charge in [-0.3, -0.25) is 19.3 Å². The topological polar surface area (TPSA) is 174 Å². The normalized spacial score (nSPS) is 17.8. The van der Waals surface area contributed by atoms with E-state index in [1.807, 2.05) is 72.8 Å². The molecule has 344 valence electrons. The molecule has 0 unspecified atom stereocenters. The van der Waals surface area contributed by atoms with E-state index in [2.05, 4.69) is 10.6 Å². The monoisotopic (exact) mass is 936 g/mol. The largest absolute Gasteiger partial charge is 0.514 e. The van der Waals surface area contributed by atoms with Gasteiger partial charge in [0.05, 0.1) is 5.02 Å². The van der Waals surface area contributed by atoms with Crippen LogP contribution in [0.25, 0.3) is 0 Å². The number of nitrogens with one attached hydrogen (secondary N) is 2. The maximum Gasteiger partial charge on any atom is 0.514 e. The Kier molecular flexibility index (Phi) is 14.2. The lowest BCUT2D eigenvalue weighted by Gasteiger charge is -2.49. The number of nitrogens with zero attached hydrogens (tertiary/aromatic N) is 3. The van der Waals surface area contributed by atoms with Crippen molar-refractivity contribution in [3.8, 4) is 5.75 Å². The Hall–Kier alpha value is -6.65. The molecule has 2 fully saturated rings. The molecule has 1 aromatic heterocycles. The number of likely N-dealkylation sites (tertiary alicyclic amines) is 1. The van der Waals surface area contributed by atoms with Crippen molar-refractivity contribution in [2.45, 2.75) is 89.8 Å². The van der Waals surface area contributed by atoms with Crippen LogP contribution < -0.4 is 19.9 Å². The molecule has 2 atom stereocenters. The fraction of sp³-hybridized carbons (Fsp3) is 0.327. The number of fused-ring (bicyclic) bond motifs is 1. The number of hydrogen-bond acceptors (Lipinski definition) is 11. The van der Waals surface area contributed by atoms with Gasteiger partial charge in [-0.2, -0.15) is 4.57 Å². The van der Waals surface area contributed by atoms with Gasteiger partial charge in [-0.25, -0.2) is 14.4 Å². The number of aromatic nitrogens is 1. The number of rotatable bonds is 12. The van der Waals surface area contributed by atoms with Crippen molar-refractivity contribution in [2.24, 2.45) is 0 Å². The highest BCUT2D eigenvalue weighted by Crippen LogP contribution is 2.43. The Morgan fingerprint density at radius 1 is 0.879 bits per heavy atom. The number of pyridine rings is 1. The Balaban J connectivity index is 1.04. The van der Waals surface area contributed by atoms with Gasteiger partial charge in [0.25, 0.3) is 11.8 Å². The van der Waals surface area contributed by atoms with Crippen LogP contribution >= 0.6 is 23.4 Å². The molecule has 2 N–H and O–H groups in total. The van der Waals surface area contributed by atoms with E-state index in [1.165, 1.54) is 28.8 Å². The lowest BCUT2D eigenvalue weighted by atomic mass is 10.00. The number of thioether (sulfide) groups is 1. The number of ether oxygens (including phenoxy) is 4. The van der Waals surface area contributed by atoms with Crippen molar-refractivity contribution in [1.29, 1.82) is 0 Å². The molecule has 4 amide bonds. The molecule has 0 bridgehead atoms. The third-order valence-corrected chi connectivity index (χ3v) is 11.9. The number of allylic oxidation sites excluding steroid dienone is 1. The summed E-state index contributed by atoms with van der Waals surface area (Å²) in [6, 6.07) is 25.8. The minimum absolute atomic E-state index is 0.0168. The molecule has 3 aliphatic heterocycles. The van der Waals surface area contributed by atoms with Crippen LogP contribution in [-0.4, -0.2) is 80.7 Å². The standard InChI is InChI=1S/C49H50ClN5O10S/c1-48(2,3)64-46(60)52-39-43(58)55-40(45(59)63-41(31-13-9-7-10-14-31)32-15-11-8-12-16-32)34(29-66-44(39)55)25-33-21-24-54(42(33)57)27-30-19-22-53(23-20-30)28-38(56)51-35-17-18-37(36(50)26-35)62-47(61)65-49(4,5)6/h7-20,22-23,25-26,39,41,44H,21,24,27-29H2,1-6H3,(H-,51,52,56,60)/p+1/b33-25+/t39-,44-/m1/s1. The molecule has 0 spiro atoms. The molecule has 3 aromatic carbocycles. The molecule has 0 radical (unpaired) electrons. The van der Waals surface area contributed by atoms with Gasteiger partial charge < -0.3 is 34.5 Å². The zero-order chi connectivity index (χ0) is 47.3. The van der Waals surface area contributed by atoms with E-state index >= 15 is 0 Å². The van der Waals surface area contributed by atoms with Crippen LogP contribution in [0.5, 0.6) is 5.75 Å². The van der Waals surface area contributed by atoms with Gasteiger partial charge in [-0.15, -0.1) is 11.8 Å². The van der Waals surface area contributed by atoms with E-state index in [-0.39, 0.29) is 40.6 Å². The van der Waals surface area contributed by atoms with Crippen LogP contribution in [-0.2, 0) is 46.5 Å². The number of carbonyl (C=O) groups excluding carboxylic acids is 6.